The van der Waals surface area contributed by atoms with Gasteiger partial charge in [-0.1, -0.05) is 6.58 Å². The molecule has 0 radical (unpaired) electrons. The number of aliphatic imine (C=N–C) groups is 1. The van der Waals surface area contributed by atoms with Crippen LogP contribution in [0.3, 0.4) is 0 Å². The van der Waals surface area contributed by atoms with Crippen LogP contribution in [0.4, 0.5) is 0 Å². The van der Waals surface area contributed by atoms with Gasteiger partial charge in [0.25, 0.3) is 0 Å². The molecule has 0 amide bonds. The van der Waals surface area contributed by atoms with Crippen LogP contribution in [0, 0.1) is 13.8 Å². The van der Waals surface area contributed by atoms with Crippen LogP contribution in [-0.2, 0) is 0 Å². The van der Waals surface area contributed by atoms with Crippen molar-refractivity contribution < 1.29 is 0 Å². The molecular formula is C11H16N2. The molecule has 0 saturated carbocycles. The van der Waals surface area contributed by atoms with Gasteiger partial charge in [-0.2, -0.15) is 0 Å². The minimum atomic E-state index is 0.790. The van der Waals surface area contributed by atoms with E-state index in [1.807, 2.05) is 6.92 Å². The third-order valence-electron chi connectivity index (χ3n) is 2.00. The smallest absolute Gasteiger partial charge is 0.131 e. The Kier molecular flexibility index (Phi) is 3.07. The minimum absolute atomic E-state index is 0.790. The average molecular weight is 176 g/mol. The van der Waals surface area contributed by atoms with Gasteiger partial charge in [0.2, 0.25) is 0 Å². The lowest BCUT2D eigenvalue weighted by Gasteiger charge is -2.08. The molecule has 1 aromatic rings. The zero-order valence-electron chi connectivity index (χ0n) is 8.54. The third kappa shape index (κ3) is 1.89. The number of hydrogen-bond acceptors (Lipinski definition) is 1. The SMILES string of the molecule is C=CC(=NCC)n1c(C)ccc1C. The predicted octanol–water partition coefficient (Wildman–Crippen LogP) is 2.56. The molecular weight excluding hydrogens is 160 g/mol. The normalized spacial score (nSPS) is 11.8. The van der Waals surface area contributed by atoms with Crippen molar-refractivity contribution in [2.75, 3.05) is 6.54 Å². The van der Waals surface area contributed by atoms with Crippen molar-refractivity contribution in [3.8, 4) is 0 Å². The fourth-order valence-corrected chi connectivity index (χ4v) is 1.42. The number of aromatic nitrogens is 1. The van der Waals surface area contributed by atoms with E-state index >= 15 is 0 Å². The number of allylic oxidation sites excluding steroid dienone is 1. The van der Waals surface area contributed by atoms with Gasteiger partial charge in [0.1, 0.15) is 5.84 Å². The van der Waals surface area contributed by atoms with Gasteiger partial charge >= 0.3 is 0 Å². The van der Waals surface area contributed by atoms with E-state index in [0.717, 1.165) is 12.4 Å². The molecule has 0 aliphatic heterocycles. The summed E-state index contributed by atoms with van der Waals surface area (Å²) in [6, 6.07) is 4.17. The molecule has 1 rings (SSSR count). The molecule has 1 heterocycles. The molecule has 70 valence electrons. The fourth-order valence-electron chi connectivity index (χ4n) is 1.42. The maximum Gasteiger partial charge on any atom is 0.131 e. The topological polar surface area (TPSA) is 17.3 Å². The standard InChI is InChI=1S/C11H16N2/c1-5-11(12-6-2)13-9(3)7-8-10(13)4/h5,7-8H,1,6H2,2-4H3. The fraction of sp³-hybridized carbons (Fsp3) is 0.364. The van der Waals surface area contributed by atoms with E-state index in [1.54, 1.807) is 6.08 Å². The molecule has 0 fully saturated rings. The summed E-state index contributed by atoms with van der Waals surface area (Å²) < 4.78 is 2.11. The molecule has 2 nitrogen and oxygen atoms in total. The molecule has 0 aliphatic rings. The molecule has 0 N–H and O–H groups in total. The van der Waals surface area contributed by atoms with Crippen molar-refractivity contribution >= 4 is 5.84 Å². The third-order valence-corrected chi connectivity index (χ3v) is 2.00. The first kappa shape index (κ1) is 9.78. The molecule has 1 aromatic heterocycles. The van der Waals surface area contributed by atoms with Crippen LogP contribution in [0.2, 0.25) is 0 Å². The molecule has 0 unspecified atom stereocenters. The Balaban J connectivity index is 3.18. The molecule has 2 heteroatoms. The first-order valence-electron chi connectivity index (χ1n) is 4.53. The zero-order valence-corrected chi connectivity index (χ0v) is 8.54. The molecule has 0 aromatic carbocycles. The van der Waals surface area contributed by atoms with Crippen molar-refractivity contribution in [2.45, 2.75) is 20.8 Å². The van der Waals surface area contributed by atoms with Gasteiger partial charge in [0.15, 0.2) is 0 Å². The first-order valence-corrected chi connectivity index (χ1v) is 4.53. The Morgan fingerprint density at radius 1 is 1.46 bits per heavy atom. The second kappa shape index (κ2) is 4.08. The van der Waals surface area contributed by atoms with Crippen molar-refractivity contribution in [1.29, 1.82) is 0 Å². The Labute approximate surface area is 79.6 Å². The number of aryl methyl sites for hydroxylation is 2. The highest BCUT2D eigenvalue weighted by molar-refractivity contribution is 5.95. The van der Waals surface area contributed by atoms with E-state index in [-0.39, 0.29) is 0 Å². The quantitative estimate of drug-likeness (QED) is 0.487. The molecule has 0 aliphatic carbocycles. The zero-order chi connectivity index (χ0) is 9.84. The average Bonchev–Trinajstić information content (AvgIpc) is 2.43. The van der Waals surface area contributed by atoms with Crippen LogP contribution < -0.4 is 0 Å². The monoisotopic (exact) mass is 176 g/mol. The van der Waals surface area contributed by atoms with Crippen molar-refractivity contribution in [3.05, 3.63) is 36.2 Å². The van der Waals surface area contributed by atoms with Gasteiger partial charge < -0.3 is 4.57 Å². The molecule has 0 spiro atoms. The largest absolute Gasteiger partial charge is 0.304 e. The minimum Gasteiger partial charge on any atom is -0.304 e. The van der Waals surface area contributed by atoms with Gasteiger partial charge in [-0.15, -0.1) is 0 Å². The van der Waals surface area contributed by atoms with Gasteiger partial charge in [-0.3, -0.25) is 4.99 Å². The maximum atomic E-state index is 4.37. The van der Waals surface area contributed by atoms with Gasteiger partial charge in [-0.25, -0.2) is 0 Å². The molecule has 0 atom stereocenters. The summed E-state index contributed by atoms with van der Waals surface area (Å²) >= 11 is 0. The van der Waals surface area contributed by atoms with E-state index in [0.29, 0.717) is 0 Å². The Bertz CT molecular complexity index is 312. The van der Waals surface area contributed by atoms with Crippen molar-refractivity contribution in [1.82, 2.24) is 4.57 Å². The second-order valence-corrected chi connectivity index (χ2v) is 2.99. The number of nitrogens with zero attached hydrogens (tertiary/aromatic N) is 2. The van der Waals surface area contributed by atoms with Crippen LogP contribution in [-0.4, -0.2) is 16.9 Å². The summed E-state index contributed by atoms with van der Waals surface area (Å²) in [5, 5.41) is 0. The highest BCUT2D eigenvalue weighted by Crippen LogP contribution is 2.07. The van der Waals surface area contributed by atoms with E-state index in [2.05, 4.69) is 42.1 Å². The van der Waals surface area contributed by atoms with Crippen LogP contribution in [0.15, 0.2) is 29.8 Å². The lowest BCUT2D eigenvalue weighted by molar-refractivity contribution is 0.998. The highest BCUT2D eigenvalue weighted by Gasteiger charge is 2.03. The van der Waals surface area contributed by atoms with E-state index in [9.17, 15) is 0 Å². The Morgan fingerprint density at radius 3 is 2.38 bits per heavy atom. The summed E-state index contributed by atoms with van der Waals surface area (Å²) in [6.45, 7) is 10.7. The van der Waals surface area contributed by atoms with Gasteiger partial charge in [-0.05, 0) is 39.0 Å². The van der Waals surface area contributed by atoms with Crippen LogP contribution in [0.1, 0.15) is 18.3 Å². The number of rotatable bonds is 2. The van der Waals surface area contributed by atoms with Crippen LogP contribution >= 0.6 is 0 Å². The maximum absolute atomic E-state index is 4.37. The molecule has 0 saturated heterocycles. The predicted molar refractivity (Wildman–Crippen MR) is 57.5 cm³/mol. The Morgan fingerprint density at radius 2 is 2.00 bits per heavy atom. The van der Waals surface area contributed by atoms with E-state index in [1.165, 1.54) is 11.4 Å². The highest BCUT2D eigenvalue weighted by atomic mass is 15.1. The van der Waals surface area contributed by atoms with E-state index < -0.39 is 0 Å². The number of hydrogen-bond donors (Lipinski definition) is 0. The first-order chi connectivity index (χ1) is 6.20. The molecule has 13 heavy (non-hydrogen) atoms. The molecule has 0 bridgehead atoms. The Hall–Kier alpha value is -1.31. The van der Waals surface area contributed by atoms with Crippen LogP contribution in [0.5, 0.6) is 0 Å². The summed E-state index contributed by atoms with van der Waals surface area (Å²) in [7, 11) is 0. The van der Waals surface area contributed by atoms with Crippen LogP contribution in [0.25, 0.3) is 0 Å². The second-order valence-electron chi connectivity index (χ2n) is 2.99. The summed E-state index contributed by atoms with van der Waals surface area (Å²) in [6.07, 6.45) is 1.80. The lowest BCUT2D eigenvalue weighted by Crippen LogP contribution is -2.12. The summed E-state index contributed by atoms with van der Waals surface area (Å²) in [5.41, 5.74) is 2.40. The summed E-state index contributed by atoms with van der Waals surface area (Å²) in [5.74, 6) is 0.933. The summed E-state index contributed by atoms with van der Waals surface area (Å²) in [4.78, 5) is 4.37. The van der Waals surface area contributed by atoms with Gasteiger partial charge in [0.05, 0.1) is 0 Å². The van der Waals surface area contributed by atoms with Crippen molar-refractivity contribution in [2.24, 2.45) is 4.99 Å². The van der Waals surface area contributed by atoms with Gasteiger partial charge in [0, 0.05) is 17.9 Å². The van der Waals surface area contributed by atoms with E-state index in [4.69, 9.17) is 0 Å². The lowest BCUT2D eigenvalue weighted by atomic mass is 10.4. The van der Waals surface area contributed by atoms with Crippen molar-refractivity contribution in [3.63, 3.8) is 0 Å².